The van der Waals surface area contributed by atoms with E-state index in [0.717, 1.165) is 24.1 Å². The third kappa shape index (κ3) is 1.72. The summed E-state index contributed by atoms with van der Waals surface area (Å²) >= 11 is 5.34. The van der Waals surface area contributed by atoms with Gasteiger partial charge < -0.3 is 4.98 Å². The second-order valence-electron chi connectivity index (χ2n) is 4.00. The Hall–Kier alpha value is -2.02. The quantitative estimate of drug-likeness (QED) is 0.708. The minimum Gasteiger partial charge on any atom is -0.340 e. The molecule has 0 saturated carbocycles. The van der Waals surface area contributed by atoms with Crippen LogP contribution < -0.4 is 0 Å². The monoisotopic (exact) mass is 260 g/mol. The Balaban J connectivity index is 2.20. The summed E-state index contributed by atoms with van der Waals surface area (Å²) in [5.41, 5.74) is 2.51. The van der Waals surface area contributed by atoms with E-state index in [0.29, 0.717) is 16.1 Å². The van der Waals surface area contributed by atoms with Crippen LogP contribution in [0.4, 0.5) is 0 Å². The largest absolute Gasteiger partial charge is 0.340 e. The summed E-state index contributed by atoms with van der Waals surface area (Å²) in [5, 5.41) is 3.26. The highest BCUT2D eigenvalue weighted by Crippen LogP contribution is 2.15. The molecule has 3 heterocycles. The zero-order valence-corrected chi connectivity index (χ0v) is 10.7. The lowest BCUT2D eigenvalue weighted by atomic mass is 10.3. The number of aromatic nitrogens is 6. The number of nitrogens with one attached hydrogen (secondary N) is 2. The first kappa shape index (κ1) is 11.1. The van der Waals surface area contributed by atoms with E-state index < -0.39 is 0 Å². The van der Waals surface area contributed by atoms with Gasteiger partial charge in [0.15, 0.2) is 11.5 Å². The average Bonchev–Trinajstić information content (AvgIpc) is 2.95. The lowest BCUT2D eigenvalue weighted by molar-refractivity contribution is 0.787. The molecular formula is C11H12N6S. The van der Waals surface area contributed by atoms with Crippen LogP contribution in [0.5, 0.6) is 0 Å². The molecule has 92 valence electrons. The SMILES string of the molecule is CCCc1cc(=S)n(-c2ncnc3nc[nH]c23)[nH]1. The van der Waals surface area contributed by atoms with Crippen LogP contribution >= 0.6 is 12.2 Å². The molecule has 0 unspecified atom stereocenters. The number of aryl methyl sites for hydroxylation is 1. The van der Waals surface area contributed by atoms with E-state index in [4.69, 9.17) is 12.2 Å². The van der Waals surface area contributed by atoms with Crippen LogP contribution in [0, 0.1) is 4.64 Å². The van der Waals surface area contributed by atoms with Crippen molar-refractivity contribution in [2.75, 3.05) is 0 Å². The number of hydrogen-bond acceptors (Lipinski definition) is 4. The van der Waals surface area contributed by atoms with Crippen molar-refractivity contribution in [3.63, 3.8) is 0 Å². The van der Waals surface area contributed by atoms with Gasteiger partial charge in [0.25, 0.3) is 0 Å². The summed E-state index contributed by atoms with van der Waals surface area (Å²) in [7, 11) is 0. The Morgan fingerprint density at radius 2 is 2.22 bits per heavy atom. The fourth-order valence-electron chi connectivity index (χ4n) is 1.92. The summed E-state index contributed by atoms with van der Waals surface area (Å²) in [4.78, 5) is 15.5. The fourth-order valence-corrected chi connectivity index (χ4v) is 2.20. The number of fused-ring (bicyclic) bond motifs is 1. The molecule has 0 fully saturated rings. The predicted octanol–water partition coefficient (Wildman–Crippen LogP) is 2.15. The molecule has 0 aliphatic rings. The van der Waals surface area contributed by atoms with Gasteiger partial charge in [0.05, 0.1) is 6.33 Å². The van der Waals surface area contributed by atoms with Gasteiger partial charge in [-0.15, -0.1) is 0 Å². The number of aromatic amines is 2. The van der Waals surface area contributed by atoms with Gasteiger partial charge in [0.2, 0.25) is 0 Å². The number of nitrogens with zero attached hydrogens (tertiary/aromatic N) is 4. The van der Waals surface area contributed by atoms with E-state index >= 15 is 0 Å². The number of rotatable bonds is 3. The molecule has 3 aromatic rings. The van der Waals surface area contributed by atoms with E-state index in [1.807, 2.05) is 6.07 Å². The third-order valence-corrected chi connectivity index (χ3v) is 3.01. The van der Waals surface area contributed by atoms with Crippen molar-refractivity contribution in [2.24, 2.45) is 0 Å². The van der Waals surface area contributed by atoms with Gasteiger partial charge in [0.1, 0.15) is 16.5 Å². The standard InChI is InChI=1S/C11H12N6S/c1-2-3-7-4-8(18)17(16-7)11-9-10(13-5-12-9)14-6-15-11/h4-6,16H,2-3H2,1H3,(H,12,13,14,15). The maximum atomic E-state index is 5.34. The van der Waals surface area contributed by atoms with Crippen LogP contribution in [0.2, 0.25) is 0 Å². The summed E-state index contributed by atoms with van der Waals surface area (Å²) < 4.78 is 2.48. The Labute approximate surface area is 108 Å². The minimum atomic E-state index is 0.633. The van der Waals surface area contributed by atoms with Crippen LogP contribution in [0.1, 0.15) is 19.0 Å². The van der Waals surface area contributed by atoms with Gasteiger partial charge in [-0.2, -0.15) is 0 Å². The van der Waals surface area contributed by atoms with Crippen molar-refractivity contribution in [3.8, 4) is 5.82 Å². The summed E-state index contributed by atoms with van der Waals surface area (Å²) in [5.74, 6) is 0.699. The van der Waals surface area contributed by atoms with Crippen molar-refractivity contribution >= 4 is 23.4 Å². The molecule has 0 aliphatic heterocycles. The lowest BCUT2D eigenvalue weighted by Gasteiger charge is -2.02. The summed E-state index contributed by atoms with van der Waals surface area (Å²) in [6.45, 7) is 2.13. The van der Waals surface area contributed by atoms with E-state index in [2.05, 4.69) is 32.0 Å². The maximum Gasteiger partial charge on any atom is 0.182 e. The Morgan fingerprint density at radius 1 is 1.33 bits per heavy atom. The maximum absolute atomic E-state index is 5.34. The molecular weight excluding hydrogens is 248 g/mol. The Morgan fingerprint density at radius 3 is 3.06 bits per heavy atom. The van der Waals surface area contributed by atoms with E-state index in [1.165, 1.54) is 6.33 Å². The van der Waals surface area contributed by atoms with Gasteiger partial charge in [-0.1, -0.05) is 25.6 Å². The van der Waals surface area contributed by atoms with Gasteiger partial charge >= 0.3 is 0 Å². The van der Waals surface area contributed by atoms with Crippen molar-refractivity contribution in [2.45, 2.75) is 19.8 Å². The summed E-state index contributed by atoms with van der Waals surface area (Å²) in [6, 6.07) is 1.96. The second-order valence-corrected chi connectivity index (χ2v) is 4.42. The molecule has 0 bridgehead atoms. The number of imidazole rings is 1. The normalized spacial score (nSPS) is 11.2. The van der Waals surface area contributed by atoms with Crippen LogP contribution in [0.15, 0.2) is 18.7 Å². The molecule has 0 amide bonds. The molecule has 0 radical (unpaired) electrons. The van der Waals surface area contributed by atoms with E-state index in [9.17, 15) is 0 Å². The van der Waals surface area contributed by atoms with Crippen LogP contribution in [-0.4, -0.2) is 29.7 Å². The molecule has 0 saturated heterocycles. The van der Waals surface area contributed by atoms with E-state index in [1.54, 1.807) is 11.0 Å². The zero-order valence-electron chi connectivity index (χ0n) is 9.84. The Kier molecular flexibility index (Phi) is 2.67. The number of H-pyrrole nitrogens is 2. The molecule has 7 heteroatoms. The molecule has 18 heavy (non-hydrogen) atoms. The highest BCUT2D eigenvalue weighted by molar-refractivity contribution is 7.71. The van der Waals surface area contributed by atoms with Crippen molar-refractivity contribution in [3.05, 3.63) is 29.1 Å². The van der Waals surface area contributed by atoms with E-state index in [-0.39, 0.29) is 0 Å². The zero-order chi connectivity index (χ0) is 12.5. The molecule has 0 spiro atoms. The average molecular weight is 260 g/mol. The van der Waals surface area contributed by atoms with Gasteiger partial charge in [0, 0.05) is 5.69 Å². The smallest absolute Gasteiger partial charge is 0.182 e. The molecule has 0 atom stereocenters. The topological polar surface area (TPSA) is 75.2 Å². The van der Waals surface area contributed by atoms with Gasteiger partial charge in [-0.05, 0) is 12.5 Å². The molecule has 0 aromatic carbocycles. The predicted molar refractivity (Wildman–Crippen MR) is 70.2 cm³/mol. The summed E-state index contributed by atoms with van der Waals surface area (Å²) in [6.07, 6.45) is 5.12. The van der Waals surface area contributed by atoms with Gasteiger partial charge in [-0.25, -0.2) is 19.6 Å². The van der Waals surface area contributed by atoms with Crippen molar-refractivity contribution in [1.82, 2.24) is 29.7 Å². The van der Waals surface area contributed by atoms with Crippen molar-refractivity contribution < 1.29 is 0 Å². The first-order valence-electron chi connectivity index (χ1n) is 5.75. The Bertz CT molecular complexity index is 737. The highest BCUT2D eigenvalue weighted by Gasteiger charge is 2.10. The fraction of sp³-hybridized carbons (Fsp3) is 0.273. The molecule has 0 aliphatic carbocycles. The minimum absolute atomic E-state index is 0.633. The molecule has 6 nitrogen and oxygen atoms in total. The second kappa shape index (κ2) is 4.34. The van der Waals surface area contributed by atoms with Crippen LogP contribution in [0.3, 0.4) is 0 Å². The first-order valence-corrected chi connectivity index (χ1v) is 6.16. The first-order chi connectivity index (χ1) is 8.79. The third-order valence-electron chi connectivity index (χ3n) is 2.71. The van der Waals surface area contributed by atoms with Crippen LogP contribution in [0.25, 0.3) is 17.0 Å². The lowest BCUT2D eigenvalue weighted by Crippen LogP contribution is -2.02. The highest BCUT2D eigenvalue weighted by atomic mass is 32.1. The number of hydrogen-bond donors (Lipinski definition) is 2. The van der Waals surface area contributed by atoms with Gasteiger partial charge in [-0.3, -0.25) is 5.10 Å². The van der Waals surface area contributed by atoms with Crippen LogP contribution in [-0.2, 0) is 6.42 Å². The van der Waals surface area contributed by atoms with Crippen molar-refractivity contribution in [1.29, 1.82) is 0 Å². The molecule has 2 N–H and O–H groups in total. The molecule has 3 aromatic heterocycles. The molecule has 3 rings (SSSR count).